The molecule has 0 aliphatic heterocycles. The average Bonchev–Trinajstić information content (AvgIpc) is 2.87. The Balaban J connectivity index is 2.27. The molecule has 0 amide bonds. The number of hydrogen-bond acceptors (Lipinski definition) is 4. The van der Waals surface area contributed by atoms with Gasteiger partial charge in [-0.2, -0.15) is 13.2 Å². The van der Waals surface area contributed by atoms with Gasteiger partial charge in [0.15, 0.2) is 0 Å². The van der Waals surface area contributed by atoms with E-state index in [0.717, 1.165) is 16.6 Å². The molecule has 0 bridgehead atoms. The molecule has 2 aromatic rings. The predicted octanol–water partition coefficient (Wildman–Crippen LogP) is 2.77. The van der Waals surface area contributed by atoms with E-state index in [0.29, 0.717) is 11.5 Å². The van der Waals surface area contributed by atoms with Crippen LogP contribution in [0.5, 0.6) is 0 Å². The highest BCUT2D eigenvalue weighted by Crippen LogP contribution is 2.26. The van der Waals surface area contributed by atoms with Gasteiger partial charge in [-0.15, -0.1) is 5.10 Å². The first kappa shape index (κ1) is 13.6. The zero-order valence-corrected chi connectivity index (χ0v) is 10.7. The van der Waals surface area contributed by atoms with Crippen molar-refractivity contribution in [2.24, 2.45) is 0 Å². The molecule has 2 aromatic heterocycles. The minimum atomic E-state index is -4.53. The average molecular weight is 274 g/mol. The first-order chi connectivity index (χ1) is 8.79. The first-order valence-electron chi connectivity index (χ1n) is 5.70. The summed E-state index contributed by atoms with van der Waals surface area (Å²) in [5, 5.41) is 7.24. The third-order valence-electron chi connectivity index (χ3n) is 2.65. The fourth-order valence-electron chi connectivity index (χ4n) is 1.72. The van der Waals surface area contributed by atoms with Gasteiger partial charge in [0.25, 0.3) is 5.82 Å². The van der Waals surface area contributed by atoms with E-state index in [2.05, 4.69) is 15.2 Å². The van der Waals surface area contributed by atoms with Crippen molar-refractivity contribution in [3.05, 3.63) is 29.2 Å². The molecule has 2 heterocycles. The SMILES string of the molecule is Cc1noc(C(C)C)c1Cn1cnc(C(F)(F)F)n1. The molecule has 0 N–H and O–H groups in total. The Hall–Kier alpha value is -1.86. The molecule has 104 valence electrons. The third kappa shape index (κ3) is 2.77. The van der Waals surface area contributed by atoms with Crippen LogP contribution in [0.4, 0.5) is 13.2 Å². The number of alkyl halides is 3. The summed E-state index contributed by atoms with van der Waals surface area (Å²) in [5.74, 6) is -0.393. The van der Waals surface area contributed by atoms with E-state index < -0.39 is 12.0 Å². The summed E-state index contributed by atoms with van der Waals surface area (Å²) in [5.41, 5.74) is 1.39. The van der Waals surface area contributed by atoms with Crippen molar-refractivity contribution < 1.29 is 17.7 Å². The van der Waals surface area contributed by atoms with Crippen LogP contribution in [-0.2, 0) is 12.7 Å². The highest BCUT2D eigenvalue weighted by atomic mass is 19.4. The summed E-state index contributed by atoms with van der Waals surface area (Å²) in [7, 11) is 0. The van der Waals surface area contributed by atoms with Crippen molar-refractivity contribution in [2.75, 3.05) is 0 Å². The van der Waals surface area contributed by atoms with E-state index in [1.54, 1.807) is 6.92 Å². The lowest BCUT2D eigenvalue weighted by molar-refractivity contribution is -0.145. The Morgan fingerprint density at radius 3 is 2.58 bits per heavy atom. The van der Waals surface area contributed by atoms with E-state index in [-0.39, 0.29) is 12.5 Å². The summed E-state index contributed by atoms with van der Waals surface area (Å²) >= 11 is 0. The Morgan fingerprint density at radius 1 is 1.37 bits per heavy atom. The summed E-state index contributed by atoms with van der Waals surface area (Å²) < 4.78 is 43.5. The minimum Gasteiger partial charge on any atom is -0.361 e. The molecule has 0 spiro atoms. The third-order valence-corrected chi connectivity index (χ3v) is 2.65. The number of nitrogens with zero attached hydrogens (tertiary/aromatic N) is 4. The highest BCUT2D eigenvalue weighted by Gasteiger charge is 2.35. The van der Waals surface area contributed by atoms with Gasteiger partial charge in [0.05, 0.1) is 12.2 Å². The van der Waals surface area contributed by atoms with Crippen LogP contribution < -0.4 is 0 Å². The molecule has 2 rings (SSSR count). The van der Waals surface area contributed by atoms with E-state index in [1.807, 2.05) is 13.8 Å². The molecular formula is C11H13F3N4O. The van der Waals surface area contributed by atoms with Crippen LogP contribution in [0.3, 0.4) is 0 Å². The second-order valence-corrected chi connectivity index (χ2v) is 4.53. The standard InChI is InChI=1S/C11H13F3N4O/c1-6(2)9-8(7(3)17-19-9)4-18-5-15-10(16-18)11(12,13)14/h5-6H,4H2,1-3H3. The van der Waals surface area contributed by atoms with Gasteiger partial charge in [-0.05, 0) is 6.92 Å². The van der Waals surface area contributed by atoms with Crippen LogP contribution in [0.1, 0.15) is 42.6 Å². The quantitative estimate of drug-likeness (QED) is 0.863. The Morgan fingerprint density at radius 2 is 2.05 bits per heavy atom. The number of hydrogen-bond donors (Lipinski definition) is 0. The summed E-state index contributed by atoms with van der Waals surface area (Å²) in [4.78, 5) is 3.25. The lowest BCUT2D eigenvalue weighted by atomic mass is 10.1. The minimum absolute atomic E-state index is 0.0989. The van der Waals surface area contributed by atoms with E-state index >= 15 is 0 Å². The van der Waals surface area contributed by atoms with E-state index in [4.69, 9.17) is 4.52 Å². The van der Waals surface area contributed by atoms with Gasteiger partial charge in [0.2, 0.25) is 0 Å². The molecule has 0 fully saturated rings. The molecular weight excluding hydrogens is 261 g/mol. The van der Waals surface area contributed by atoms with Gasteiger partial charge in [-0.25, -0.2) is 9.67 Å². The van der Waals surface area contributed by atoms with Crippen LogP contribution in [0, 0.1) is 6.92 Å². The molecule has 19 heavy (non-hydrogen) atoms. The van der Waals surface area contributed by atoms with Gasteiger partial charge in [-0.3, -0.25) is 0 Å². The Bertz CT molecular complexity index is 571. The van der Waals surface area contributed by atoms with Crippen LogP contribution in [0.15, 0.2) is 10.9 Å². The Labute approximate surface area is 107 Å². The van der Waals surface area contributed by atoms with Crippen LogP contribution in [-0.4, -0.2) is 19.9 Å². The fraction of sp³-hybridized carbons (Fsp3) is 0.545. The monoisotopic (exact) mass is 274 g/mol. The van der Waals surface area contributed by atoms with Crippen molar-refractivity contribution >= 4 is 0 Å². The van der Waals surface area contributed by atoms with Crippen molar-refractivity contribution in [1.29, 1.82) is 0 Å². The van der Waals surface area contributed by atoms with Crippen molar-refractivity contribution in [1.82, 2.24) is 19.9 Å². The molecule has 5 nitrogen and oxygen atoms in total. The molecule has 0 atom stereocenters. The van der Waals surface area contributed by atoms with Gasteiger partial charge in [0, 0.05) is 11.5 Å². The van der Waals surface area contributed by atoms with Gasteiger partial charge < -0.3 is 4.52 Å². The first-order valence-corrected chi connectivity index (χ1v) is 5.70. The van der Waals surface area contributed by atoms with E-state index in [1.165, 1.54) is 0 Å². The van der Waals surface area contributed by atoms with Gasteiger partial charge >= 0.3 is 6.18 Å². The normalized spacial score (nSPS) is 12.4. The largest absolute Gasteiger partial charge is 0.453 e. The highest BCUT2D eigenvalue weighted by molar-refractivity contribution is 5.24. The molecule has 0 saturated heterocycles. The second-order valence-electron chi connectivity index (χ2n) is 4.53. The smallest absolute Gasteiger partial charge is 0.361 e. The second kappa shape index (κ2) is 4.67. The molecule has 0 radical (unpaired) electrons. The number of halogens is 3. The van der Waals surface area contributed by atoms with Crippen molar-refractivity contribution in [3.8, 4) is 0 Å². The molecule has 0 aliphatic carbocycles. The Kier molecular flexibility index (Phi) is 3.34. The van der Waals surface area contributed by atoms with Crippen molar-refractivity contribution in [2.45, 2.75) is 39.4 Å². The van der Waals surface area contributed by atoms with Crippen molar-refractivity contribution in [3.63, 3.8) is 0 Å². The lowest BCUT2D eigenvalue weighted by Crippen LogP contribution is -2.10. The van der Waals surface area contributed by atoms with Gasteiger partial charge in [0.1, 0.15) is 12.1 Å². The van der Waals surface area contributed by atoms with Gasteiger partial charge in [-0.1, -0.05) is 19.0 Å². The molecule has 0 aromatic carbocycles. The van der Waals surface area contributed by atoms with Crippen LogP contribution >= 0.6 is 0 Å². The lowest BCUT2D eigenvalue weighted by Gasteiger charge is -2.05. The summed E-state index contributed by atoms with van der Waals surface area (Å²) in [6.45, 7) is 5.75. The maximum absolute atomic E-state index is 12.4. The van der Waals surface area contributed by atoms with Crippen LogP contribution in [0.2, 0.25) is 0 Å². The molecule has 0 saturated carbocycles. The number of aryl methyl sites for hydroxylation is 1. The van der Waals surface area contributed by atoms with E-state index in [9.17, 15) is 13.2 Å². The van der Waals surface area contributed by atoms with Crippen LogP contribution in [0.25, 0.3) is 0 Å². The number of aromatic nitrogens is 4. The maximum atomic E-state index is 12.4. The summed E-state index contributed by atoms with van der Waals surface area (Å²) in [6.07, 6.45) is -3.48. The maximum Gasteiger partial charge on any atom is 0.453 e. The molecule has 0 aliphatic rings. The number of rotatable bonds is 3. The summed E-state index contributed by atoms with van der Waals surface area (Å²) in [6, 6.07) is 0. The molecule has 8 heteroatoms. The zero-order chi connectivity index (χ0) is 14.2. The fourth-order valence-corrected chi connectivity index (χ4v) is 1.72. The molecule has 0 unspecified atom stereocenters. The predicted molar refractivity (Wildman–Crippen MR) is 59.5 cm³/mol. The zero-order valence-electron chi connectivity index (χ0n) is 10.7. The topological polar surface area (TPSA) is 56.7 Å².